The topological polar surface area (TPSA) is 68.1 Å². The summed E-state index contributed by atoms with van der Waals surface area (Å²) in [6, 6.07) is 9.59. The molecule has 4 rings (SSSR count). The van der Waals surface area contributed by atoms with Crippen LogP contribution in [0.2, 0.25) is 4.34 Å². The van der Waals surface area contributed by atoms with Crippen LogP contribution < -0.4 is 16.1 Å². The SMILES string of the molecule is Cc1cc(N2C=C(CNC(=O)c3ccc(Cl)s3)CN2N2CCN(C)CC2)ccc1N. The summed E-state index contributed by atoms with van der Waals surface area (Å²) in [7, 11) is 2.15. The number of nitrogens with zero attached hydrogens (tertiary/aromatic N) is 4. The fraction of sp³-hybridized carbons (Fsp3) is 0.381. The molecule has 1 aromatic carbocycles. The fourth-order valence-electron chi connectivity index (χ4n) is 3.63. The number of hydrogen-bond acceptors (Lipinski definition) is 7. The van der Waals surface area contributed by atoms with Crippen LogP contribution in [-0.2, 0) is 0 Å². The van der Waals surface area contributed by atoms with Crippen molar-refractivity contribution in [2.75, 3.05) is 57.1 Å². The lowest BCUT2D eigenvalue weighted by Crippen LogP contribution is -2.56. The smallest absolute Gasteiger partial charge is 0.261 e. The second-order valence-corrected chi connectivity index (χ2v) is 9.46. The predicted molar refractivity (Wildman–Crippen MR) is 124 cm³/mol. The molecule has 0 spiro atoms. The lowest BCUT2D eigenvalue weighted by atomic mass is 10.2. The van der Waals surface area contributed by atoms with E-state index < -0.39 is 0 Å². The van der Waals surface area contributed by atoms with Gasteiger partial charge in [-0.25, -0.2) is 5.01 Å². The number of nitrogens with one attached hydrogen (secondary N) is 1. The van der Waals surface area contributed by atoms with Gasteiger partial charge in [-0.2, -0.15) is 0 Å². The standard InChI is InChI=1S/C21H27ClN6OS/c1-15-11-17(3-4-18(15)23)27-13-16(12-24-21(29)19-5-6-20(22)30-19)14-28(27)26-9-7-25(2)8-10-26/h3-6,11,13H,7-10,12,14,23H2,1-2H3,(H,24,29). The number of rotatable bonds is 5. The van der Waals surface area contributed by atoms with E-state index >= 15 is 0 Å². The molecule has 2 aliphatic heterocycles. The van der Waals surface area contributed by atoms with Crippen LogP contribution in [0.3, 0.4) is 0 Å². The first kappa shape index (κ1) is 21.1. The zero-order valence-electron chi connectivity index (χ0n) is 17.3. The summed E-state index contributed by atoms with van der Waals surface area (Å²) in [6.07, 6.45) is 2.12. The molecule has 30 heavy (non-hydrogen) atoms. The summed E-state index contributed by atoms with van der Waals surface area (Å²) >= 11 is 7.24. The van der Waals surface area contributed by atoms with E-state index in [2.05, 4.69) is 44.7 Å². The minimum atomic E-state index is -0.0965. The highest BCUT2D eigenvalue weighted by Gasteiger charge is 2.30. The molecule has 2 aliphatic rings. The third-order valence-corrected chi connectivity index (χ3v) is 6.73. The van der Waals surface area contributed by atoms with E-state index in [1.165, 1.54) is 11.3 Å². The summed E-state index contributed by atoms with van der Waals surface area (Å²) in [5.74, 6) is -0.0965. The van der Waals surface area contributed by atoms with Gasteiger partial charge >= 0.3 is 0 Å². The van der Waals surface area contributed by atoms with Crippen LogP contribution in [0, 0.1) is 6.92 Å². The third kappa shape index (κ3) is 4.63. The highest BCUT2D eigenvalue weighted by Crippen LogP contribution is 2.28. The first-order valence-electron chi connectivity index (χ1n) is 10.00. The Hall–Kier alpha value is -2.10. The number of thiophene rings is 1. The molecule has 7 nitrogen and oxygen atoms in total. The molecule has 0 saturated carbocycles. The molecule has 9 heteroatoms. The number of carbonyl (C=O) groups is 1. The number of piperazine rings is 1. The van der Waals surface area contributed by atoms with Crippen LogP contribution in [-0.4, -0.2) is 67.3 Å². The number of amides is 1. The number of nitrogens with two attached hydrogens (primary N) is 1. The van der Waals surface area contributed by atoms with E-state index in [1.54, 1.807) is 12.1 Å². The van der Waals surface area contributed by atoms with E-state index in [1.807, 2.05) is 19.1 Å². The fourth-order valence-corrected chi connectivity index (χ4v) is 4.59. The van der Waals surface area contributed by atoms with Crippen molar-refractivity contribution in [2.24, 2.45) is 0 Å². The van der Waals surface area contributed by atoms with Crippen LogP contribution in [0.15, 0.2) is 42.1 Å². The molecule has 160 valence electrons. The van der Waals surface area contributed by atoms with Crippen molar-refractivity contribution < 1.29 is 4.79 Å². The third-order valence-electron chi connectivity index (χ3n) is 5.50. The zero-order chi connectivity index (χ0) is 21.3. The van der Waals surface area contributed by atoms with Gasteiger partial charge in [-0.3, -0.25) is 9.80 Å². The van der Waals surface area contributed by atoms with Gasteiger partial charge in [0.25, 0.3) is 5.91 Å². The van der Waals surface area contributed by atoms with E-state index in [9.17, 15) is 4.79 Å². The lowest BCUT2D eigenvalue weighted by Gasteiger charge is -2.42. The Morgan fingerprint density at radius 1 is 1.20 bits per heavy atom. The highest BCUT2D eigenvalue weighted by molar-refractivity contribution is 7.18. The molecular weight excluding hydrogens is 420 g/mol. The number of aryl methyl sites for hydroxylation is 1. The maximum atomic E-state index is 12.4. The van der Waals surface area contributed by atoms with Gasteiger partial charge in [0, 0.05) is 44.6 Å². The molecule has 1 amide bonds. The number of carbonyl (C=O) groups excluding carboxylic acids is 1. The van der Waals surface area contributed by atoms with Gasteiger partial charge in [-0.05, 0) is 55.4 Å². The average Bonchev–Trinajstić information content (AvgIpc) is 3.35. The number of halogens is 1. The Bertz CT molecular complexity index is 953. The van der Waals surface area contributed by atoms with Gasteiger partial charge in [0.1, 0.15) is 0 Å². The first-order chi connectivity index (χ1) is 14.4. The van der Waals surface area contributed by atoms with Crippen molar-refractivity contribution in [3.63, 3.8) is 0 Å². The molecule has 3 N–H and O–H groups in total. The summed E-state index contributed by atoms with van der Waals surface area (Å²) in [5.41, 5.74) is 10.1. The normalized spacial score (nSPS) is 18.6. The van der Waals surface area contributed by atoms with E-state index in [-0.39, 0.29) is 5.91 Å². The van der Waals surface area contributed by atoms with Crippen molar-refractivity contribution in [1.29, 1.82) is 0 Å². The summed E-state index contributed by atoms with van der Waals surface area (Å²) < 4.78 is 0.617. The monoisotopic (exact) mass is 446 g/mol. The maximum Gasteiger partial charge on any atom is 0.261 e. The molecule has 0 radical (unpaired) electrons. The first-order valence-corrected chi connectivity index (χ1v) is 11.2. The molecule has 3 heterocycles. The Morgan fingerprint density at radius 3 is 2.63 bits per heavy atom. The number of hydrazine groups is 2. The van der Waals surface area contributed by atoms with Crippen molar-refractivity contribution in [1.82, 2.24) is 20.3 Å². The second kappa shape index (κ2) is 8.95. The number of likely N-dealkylation sites (N-methyl/N-ethyl adjacent to an activating group) is 1. The van der Waals surface area contributed by atoms with Crippen molar-refractivity contribution in [2.45, 2.75) is 6.92 Å². The Balaban J connectivity index is 1.50. The van der Waals surface area contributed by atoms with E-state index in [0.29, 0.717) is 15.8 Å². The summed E-state index contributed by atoms with van der Waals surface area (Å²) in [5, 5.41) is 9.83. The summed E-state index contributed by atoms with van der Waals surface area (Å²) in [6.45, 7) is 7.21. The van der Waals surface area contributed by atoms with E-state index in [4.69, 9.17) is 17.3 Å². The van der Waals surface area contributed by atoms with Crippen LogP contribution in [0.5, 0.6) is 0 Å². The van der Waals surface area contributed by atoms with Crippen LogP contribution in [0.25, 0.3) is 0 Å². The van der Waals surface area contributed by atoms with Crippen LogP contribution in [0.4, 0.5) is 11.4 Å². The van der Waals surface area contributed by atoms with Crippen molar-refractivity contribution in [3.05, 3.63) is 56.9 Å². The number of hydrogen-bond donors (Lipinski definition) is 2. The number of anilines is 2. The van der Waals surface area contributed by atoms with Gasteiger partial charge in [-0.1, -0.05) is 11.6 Å². The molecule has 1 fully saturated rings. The Kier molecular flexibility index (Phi) is 6.31. The molecule has 0 unspecified atom stereocenters. The van der Waals surface area contributed by atoms with E-state index in [0.717, 1.165) is 55.2 Å². The predicted octanol–water partition coefficient (Wildman–Crippen LogP) is 2.81. The minimum absolute atomic E-state index is 0.0965. The average molecular weight is 447 g/mol. The molecule has 2 aromatic rings. The maximum absolute atomic E-state index is 12.4. The van der Waals surface area contributed by atoms with Crippen molar-refractivity contribution >= 4 is 40.2 Å². The van der Waals surface area contributed by atoms with Crippen molar-refractivity contribution in [3.8, 4) is 0 Å². The summed E-state index contributed by atoms with van der Waals surface area (Å²) in [4.78, 5) is 15.4. The minimum Gasteiger partial charge on any atom is -0.399 e. The van der Waals surface area contributed by atoms with Crippen LogP contribution in [0.1, 0.15) is 15.2 Å². The van der Waals surface area contributed by atoms with Gasteiger partial charge in [0.2, 0.25) is 0 Å². The largest absolute Gasteiger partial charge is 0.399 e. The lowest BCUT2D eigenvalue weighted by molar-refractivity contribution is -0.0422. The molecule has 0 bridgehead atoms. The Morgan fingerprint density at radius 2 is 1.97 bits per heavy atom. The van der Waals surface area contributed by atoms with Crippen LogP contribution >= 0.6 is 22.9 Å². The second-order valence-electron chi connectivity index (χ2n) is 7.75. The number of nitrogen functional groups attached to an aromatic ring is 1. The molecule has 1 aromatic heterocycles. The highest BCUT2D eigenvalue weighted by atomic mass is 35.5. The molecular formula is C21H27ClN6OS. The quantitative estimate of drug-likeness (QED) is 0.688. The van der Waals surface area contributed by atoms with Gasteiger partial charge < -0.3 is 16.0 Å². The molecule has 0 atom stereocenters. The number of benzene rings is 1. The molecule has 1 saturated heterocycles. The van der Waals surface area contributed by atoms with Gasteiger partial charge in [0.05, 0.1) is 21.4 Å². The zero-order valence-corrected chi connectivity index (χ0v) is 18.8. The Labute approximate surface area is 186 Å². The van der Waals surface area contributed by atoms with Gasteiger partial charge in [0.15, 0.2) is 0 Å². The molecule has 0 aliphatic carbocycles. The van der Waals surface area contributed by atoms with Gasteiger partial charge in [-0.15, -0.1) is 16.5 Å².